The third kappa shape index (κ3) is 16.8. The summed E-state index contributed by atoms with van der Waals surface area (Å²) in [5.41, 5.74) is 5.49. The van der Waals surface area contributed by atoms with E-state index in [2.05, 4.69) is 10.6 Å². The summed E-state index contributed by atoms with van der Waals surface area (Å²) in [5.74, 6) is -9.28. The first-order valence-electron chi connectivity index (χ1n) is 26.5. The number of carbonyl (C=O) groups is 5. The van der Waals surface area contributed by atoms with Crippen molar-refractivity contribution >= 4 is 64.8 Å². The maximum atomic E-state index is 13.5. The van der Waals surface area contributed by atoms with Gasteiger partial charge in [0.25, 0.3) is 17.0 Å². The number of nitrogens with zero attached hydrogens (tertiary/aromatic N) is 2. The van der Waals surface area contributed by atoms with Gasteiger partial charge >= 0.3 is 0 Å². The number of fused-ring (bicyclic) bond motifs is 2. The number of ketones is 2. The number of allylic oxidation sites excluding steroid dienone is 2. The molecule has 0 saturated carbocycles. The highest BCUT2D eigenvalue weighted by molar-refractivity contribution is 6.35. The van der Waals surface area contributed by atoms with E-state index in [1.807, 2.05) is 54.6 Å². The maximum Gasteiger partial charge on any atom is 0.261 e. The van der Waals surface area contributed by atoms with E-state index in [1.165, 1.54) is 48.8 Å². The number of aliphatic hydroxyl groups excluding tert-OH is 1. The molecule has 440 valence electrons. The predicted octanol–water partition coefficient (Wildman–Crippen LogP) is 11.9. The lowest BCUT2D eigenvalue weighted by Gasteiger charge is -2.08. The fraction of sp³-hybridized carbons (Fsp3) is 0.136. The molecule has 2 aliphatic rings. The van der Waals surface area contributed by atoms with E-state index in [0.717, 1.165) is 73.2 Å². The molecule has 86 heavy (non-hydrogen) atoms. The number of amides is 2. The van der Waals surface area contributed by atoms with Gasteiger partial charge in [-0.15, -0.1) is 0 Å². The van der Waals surface area contributed by atoms with E-state index in [1.54, 1.807) is 55.5 Å². The molecular weight excluding hydrogens is 1120 g/mol. The first kappa shape index (κ1) is 63.1. The molecule has 0 bridgehead atoms. The van der Waals surface area contributed by atoms with Crippen molar-refractivity contribution in [2.24, 2.45) is 0 Å². The second-order valence-electron chi connectivity index (χ2n) is 19.3. The van der Waals surface area contributed by atoms with E-state index in [-0.39, 0.29) is 83.9 Å². The molecule has 10 rings (SSSR count). The molecule has 0 atom stereocenters. The number of phenols is 2. The summed E-state index contributed by atoms with van der Waals surface area (Å²) in [7, 11) is 0. The standard InChI is InChI=1S/C32H23F3N2O4.C25H19F3N2O3.C7H6O2.C2H6O/c33-26-15-21(16-27(34)30(26)35)18-37-13-3-5-24(32(37)41)29(39)6-2-1-4-19-9-12-23-25(31(40)36-28(23)17-19)14-20-7-10-22(38)11-8-20;26-19-10-16(11-20(27)24(19)28)14-30-9-3-5-18(25(30)33)22(31)6-2-1-4-15-7-8-17-13-23(32)29-21(17)12-15;8-5-6-1-3-7(9)4-2-6;1-2-3/h1,3-5,7-17,38H,2,6,18H2,(H,36,40);1,3-5,7-12H,2,6,13-14H2,(H,29,32);1-5,9H;3H,2H2,1H3/b4-1+,25-14+;4-1+;;. The zero-order chi connectivity index (χ0) is 62.0. The number of nitrogens with one attached hydrogen (secondary N) is 2. The van der Waals surface area contributed by atoms with Crippen LogP contribution in [0.4, 0.5) is 37.7 Å². The molecule has 0 spiro atoms. The lowest BCUT2D eigenvalue weighted by molar-refractivity contribution is -0.115. The Balaban J connectivity index is 0.000000209. The molecule has 0 radical (unpaired) electrons. The average molecular weight is 1180 g/mol. The van der Waals surface area contributed by atoms with Crippen LogP contribution >= 0.6 is 0 Å². The van der Waals surface area contributed by atoms with Crippen LogP contribution in [0.1, 0.15) is 103 Å². The number of hydrogen-bond acceptors (Lipinski definition) is 10. The second kappa shape index (κ2) is 29.7. The summed E-state index contributed by atoms with van der Waals surface area (Å²) < 4.78 is 82.6. The van der Waals surface area contributed by atoms with Gasteiger partial charge in [0, 0.05) is 59.9 Å². The number of rotatable bonds is 16. The van der Waals surface area contributed by atoms with Crippen molar-refractivity contribution in [3.05, 3.63) is 269 Å². The average Bonchev–Trinajstić information content (AvgIpc) is 3.00. The third-order valence-corrected chi connectivity index (χ3v) is 12.9. The molecule has 0 saturated heterocycles. The van der Waals surface area contributed by atoms with Crippen LogP contribution in [-0.2, 0) is 29.1 Å². The first-order chi connectivity index (χ1) is 41.2. The van der Waals surface area contributed by atoms with Crippen molar-refractivity contribution in [2.45, 2.75) is 52.1 Å². The predicted molar refractivity (Wildman–Crippen MR) is 314 cm³/mol. The van der Waals surface area contributed by atoms with Gasteiger partial charge in [0.05, 0.1) is 30.6 Å². The van der Waals surface area contributed by atoms with Gasteiger partial charge in [0.1, 0.15) is 17.8 Å². The highest BCUT2D eigenvalue weighted by atomic mass is 19.2. The van der Waals surface area contributed by atoms with Crippen molar-refractivity contribution in [1.29, 1.82) is 0 Å². The van der Waals surface area contributed by atoms with Crippen LogP contribution in [0.2, 0.25) is 0 Å². The number of aromatic nitrogens is 2. The molecule has 14 nitrogen and oxygen atoms in total. The van der Waals surface area contributed by atoms with Gasteiger partial charge in [-0.3, -0.25) is 33.6 Å². The van der Waals surface area contributed by atoms with Crippen molar-refractivity contribution in [3.63, 3.8) is 0 Å². The molecular formula is C66H54F6N4O10. The van der Waals surface area contributed by atoms with Crippen LogP contribution in [0.5, 0.6) is 11.5 Å². The Hall–Kier alpha value is -10.5. The number of carbonyl (C=O) groups excluding carboxylic acids is 5. The molecule has 20 heteroatoms. The smallest absolute Gasteiger partial charge is 0.261 e. The summed E-state index contributed by atoms with van der Waals surface area (Å²) in [5, 5.41) is 31.4. The maximum absolute atomic E-state index is 13.5. The Morgan fingerprint density at radius 3 is 1.45 bits per heavy atom. The van der Waals surface area contributed by atoms with E-state index in [0.29, 0.717) is 36.1 Å². The van der Waals surface area contributed by atoms with E-state index in [9.17, 15) is 65.0 Å². The minimum atomic E-state index is -1.59. The Labute approximate surface area is 488 Å². The number of aldehydes is 1. The zero-order valence-electron chi connectivity index (χ0n) is 45.8. The van der Waals surface area contributed by atoms with Crippen molar-refractivity contribution in [3.8, 4) is 11.5 Å². The summed E-state index contributed by atoms with van der Waals surface area (Å²) in [6, 6.07) is 32.7. The number of Topliss-reactive ketones (excluding diaryl/α,β-unsaturated/α-hetero) is 2. The van der Waals surface area contributed by atoms with E-state index >= 15 is 0 Å². The molecule has 0 fully saturated rings. The largest absolute Gasteiger partial charge is 0.508 e. The molecule has 2 aromatic heterocycles. The lowest BCUT2D eigenvalue weighted by atomic mass is 10.0. The van der Waals surface area contributed by atoms with Gasteiger partial charge in [0.15, 0.2) is 46.5 Å². The third-order valence-electron chi connectivity index (χ3n) is 12.9. The Bertz CT molecular complexity index is 4020. The minimum Gasteiger partial charge on any atom is -0.508 e. The molecule has 4 heterocycles. The van der Waals surface area contributed by atoms with Crippen molar-refractivity contribution in [1.82, 2.24) is 9.13 Å². The molecule has 2 aliphatic heterocycles. The first-order valence-corrected chi connectivity index (χ1v) is 26.5. The number of phenolic OH excluding ortho intramolecular Hbond substituents is 2. The zero-order valence-corrected chi connectivity index (χ0v) is 45.8. The number of anilines is 2. The lowest BCUT2D eigenvalue weighted by Crippen LogP contribution is -2.26. The monoisotopic (exact) mass is 1180 g/mol. The van der Waals surface area contributed by atoms with Crippen LogP contribution in [-0.4, -0.2) is 60.7 Å². The summed E-state index contributed by atoms with van der Waals surface area (Å²) in [4.78, 5) is 84.8. The Kier molecular flexibility index (Phi) is 21.8. The Morgan fingerprint density at radius 1 is 0.558 bits per heavy atom. The minimum absolute atomic E-state index is 0.0331. The molecule has 0 aliphatic carbocycles. The van der Waals surface area contributed by atoms with Crippen LogP contribution in [0.15, 0.2) is 168 Å². The molecule has 5 N–H and O–H groups in total. The summed E-state index contributed by atoms with van der Waals surface area (Å²) >= 11 is 0. The number of aromatic hydroxyl groups is 2. The van der Waals surface area contributed by atoms with Crippen LogP contribution in [0.25, 0.3) is 23.8 Å². The number of hydrogen-bond donors (Lipinski definition) is 5. The van der Waals surface area contributed by atoms with E-state index < -0.39 is 51.8 Å². The molecule has 6 aromatic carbocycles. The van der Waals surface area contributed by atoms with Gasteiger partial charge in [-0.1, -0.05) is 60.7 Å². The van der Waals surface area contributed by atoms with Gasteiger partial charge in [-0.25, -0.2) is 26.3 Å². The highest BCUT2D eigenvalue weighted by Gasteiger charge is 2.24. The molecule has 0 unspecified atom stereocenters. The summed E-state index contributed by atoms with van der Waals surface area (Å²) in [6.07, 6.45) is 13.7. The van der Waals surface area contributed by atoms with Crippen LogP contribution < -0.4 is 21.8 Å². The fourth-order valence-corrected chi connectivity index (χ4v) is 8.76. The molecule has 2 amide bonds. The van der Waals surface area contributed by atoms with Gasteiger partial charge in [-0.05, 0) is 156 Å². The Morgan fingerprint density at radius 2 is 0.988 bits per heavy atom. The van der Waals surface area contributed by atoms with Crippen molar-refractivity contribution in [2.75, 3.05) is 17.2 Å². The van der Waals surface area contributed by atoms with Gasteiger partial charge in [0.2, 0.25) is 5.91 Å². The number of benzene rings is 6. The number of halogens is 6. The summed E-state index contributed by atoms with van der Waals surface area (Å²) in [6.45, 7) is 1.50. The normalized spacial score (nSPS) is 12.5. The number of pyridine rings is 2. The van der Waals surface area contributed by atoms with Crippen molar-refractivity contribution < 1.29 is 65.6 Å². The quantitative estimate of drug-likeness (QED) is 0.0203. The molecule has 8 aromatic rings. The fourth-order valence-electron chi connectivity index (χ4n) is 8.76. The topological polar surface area (TPSA) is 214 Å². The number of aliphatic hydroxyl groups is 1. The second-order valence-corrected chi connectivity index (χ2v) is 19.3. The van der Waals surface area contributed by atoms with Gasteiger partial charge < -0.3 is 35.1 Å². The van der Waals surface area contributed by atoms with Gasteiger partial charge in [-0.2, -0.15) is 0 Å². The van der Waals surface area contributed by atoms with Crippen LogP contribution in [0.3, 0.4) is 0 Å². The van der Waals surface area contributed by atoms with E-state index in [4.69, 9.17) is 10.2 Å². The SMILES string of the molecule is CCO.O=C1Cc2ccc(/C=C/CCC(=O)c3cccn(Cc4cc(F)c(F)c(F)c4)c3=O)cc2N1.O=C1Nc2cc(/C=C/CCC(=O)c3cccn(Cc4cc(F)c(F)c(F)c4)c3=O)ccc2/C1=C\c1ccc(O)cc1.O=Cc1ccc(O)cc1. The van der Waals surface area contributed by atoms with Crippen LogP contribution in [0, 0.1) is 34.9 Å². The highest BCUT2D eigenvalue weighted by Crippen LogP contribution is 2.34.